The molecule has 0 spiro atoms. The molecule has 0 aromatic heterocycles. The van der Waals surface area contributed by atoms with Crippen LogP contribution in [0.3, 0.4) is 0 Å². The number of ether oxygens (including phenoxy) is 3. The van der Waals surface area contributed by atoms with Crippen molar-refractivity contribution in [1.29, 1.82) is 0 Å². The lowest BCUT2D eigenvalue weighted by atomic mass is 10.0. The van der Waals surface area contributed by atoms with Crippen LogP contribution < -0.4 is 19.5 Å². The number of carbonyl (C=O) groups is 1. The molecule has 31 heavy (non-hydrogen) atoms. The molecule has 1 heterocycles. The summed E-state index contributed by atoms with van der Waals surface area (Å²) in [6.45, 7) is 1.01. The minimum atomic E-state index is -3.43. The molecule has 0 atom stereocenters. The smallest absolute Gasteiger partial charge is 0.258 e. The third kappa shape index (κ3) is 5.29. The van der Waals surface area contributed by atoms with E-state index in [0.717, 1.165) is 16.9 Å². The number of hydrogen-bond acceptors (Lipinski definition) is 6. The Morgan fingerprint density at radius 1 is 1.03 bits per heavy atom. The highest BCUT2D eigenvalue weighted by Gasteiger charge is 2.26. The number of hydrogen-bond donors (Lipinski definition) is 1. The van der Waals surface area contributed by atoms with E-state index in [0.29, 0.717) is 43.0 Å². The molecular weight excluding hydrogens is 420 g/mol. The predicted molar refractivity (Wildman–Crippen MR) is 117 cm³/mol. The largest absolute Gasteiger partial charge is 0.497 e. The summed E-state index contributed by atoms with van der Waals surface area (Å²) in [5.74, 6) is 1.16. The van der Waals surface area contributed by atoms with E-state index in [1.807, 2.05) is 18.2 Å². The van der Waals surface area contributed by atoms with Crippen LogP contribution in [-0.4, -0.2) is 58.8 Å². The molecule has 0 unspecified atom stereocenters. The van der Waals surface area contributed by atoms with E-state index in [4.69, 9.17) is 14.2 Å². The molecule has 0 bridgehead atoms. The van der Waals surface area contributed by atoms with Crippen LogP contribution in [0.15, 0.2) is 36.4 Å². The van der Waals surface area contributed by atoms with Crippen molar-refractivity contribution in [3.8, 4) is 17.2 Å². The van der Waals surface area contributed by atoms with Crippen molar-refractivity contribution in [3.63, 3.8) is 0 Å². The maximum Gasteiger partial charge on any atom is 0.258 e. The lowest BCUT2D eigenvalue weighted by Crippen LogP contribution is -2.38. The van der Waals surface area contributed by atoms with Gasteiger partial charge in [0.1, 0.15) is 22.8 Å². The molecule has 0 saturated heterocycles. The molecule has 0 saturated carbocycles. The second-order valence-corrected chi connectivity index (χ2v) is 9.27. The van der Waals surface area contributed by atoms with Gasteiger partial charge in [0.25, 0.3) is 5.91 Å². The summed E-state index contributed by atoms with van der Waals surface area (Å²) in [5, 5.41) is 2.76. The van der Waals surface area contributed by atoms with Crippen LogP contribution in [0, 0.1) is 0 Å². The highest BCUT2D eigenvalue weighted by atomic mass is 32.2. The summed E-state index contributed by atoms with van der Waals surface area (Å²) in [5.41, 5.74) is 2.40. The zero-order valence-corrected chi connectivity index (χ0v) is 18.8. The summed E-state index contributed by atoms with van der Waals surface area (Å²) in [6, 6.07) is 10.8. The first kappa shape index (κ1) is 22.9. The van der Waals surface area contributed by atoms with E-state index >= 15 is 0 Å². The number of methoxy groups -OCH3 is 3. The molecule has 1 N–H and O–H groups in total. The average molecular weight is 449 g/mol. The first-order valence-corrected chi connectivity index (χ1v) is 11.6. The Morgan fingerprint density at radius 2 is 1.74 bits per heavy atom. The van der Waals surface area contributed by atoms with Crippen LogP contribution >= 0.6 is 0 Å². The Kier molecular flexibility index (Phi) is 7.40. The number of benzene rings is 2. The fourth-order valence-electron chi connectivity index (χ4n) is 3.62. The number of nitrogens with zero attached hydrogens (tertiary/aromatic N) is 1. The molecule has 2 aromatic carbocycles. The van der Waals surface area contributed by atoms with Crippen molar-refractivity contribution in [3.05, 3.63) is 53.1 Å². The lowest BCUT2D eigenvalue weighted by molar-refractivity contribution is 0.0947. The van der Waals surface area contributed by atoms with E-state index in [-0.39, 0.29) is 18.2 Å². The van der Waals surface area contributed by atoms with Crippen LogP contribution in [-0.2, 0) is 23.0 Å². The van der Waals surface area contributed by atoms with Gasteiger partial charge in [-0.05, 0) is 48.2 Å². The van der Waals surface area contributed by atoms with Gasteiger partial charge in [-0.15, -0.1) is 0 Å². The maximum atomic E-state index is 12.8. The molecular formula is C22H28N2O6S. The molecule has 9 heteroatoms. The van der Waals surface area contributed by atoms with E-state index in [1.54, 1.807) is 25.3 Å². The van der Waals surface area contributed by atoms with Gasteiger partial charge in [-0.3, -0.25) is 4.79 Å². The van der Waals surface area contributed by atoms with E-state index in [2.05, 4.69) is 5.32 Å². The van der Waals surface area contributed by atoms with Crippen LogP contribution in [0.25, 0.3) is 0 Å². The van der Waals surface area contributed by atoms with E-state index in [9.17, 15) is 13.2 Å². The molecule has 3 rings (SSSR count). The van der Waals surface area contributed by atoms with Crippen molar-refractivity contribution < 1.29 is 27.4 Å². The van der Waals surface area contributed by atoms with Crippen LogP contribution in [0.4, 0.5) is 0 Å². The first-order valence-electron chi connectivity index (χ1n) is 10.0. The van der Waals surface area contributed by atoms with Crippen molar-refractivity contribution in [2.24, 2.45) is 0 Å². The van der Waals surface area contributed by atoms with Crippen molar-refractivity contribution >= 4 is 15.9 Å². The number of rotatable bonds is 9. The van der Waals surface area contributed by atoms with Crippen LogP contribution in [0.1, 0.15) is 27.9 Å². The SMILES string of the molecule is COc1ccc2c(c1)CCN(S(=O)(=O)CCCNC(=O)c1c(OC)cccc1OC)C2. The minimum absolute atomic E-state index is 0.0399. The Morgan fingerprint density at radius 3 is 2.39 bits per heavy atom. The van der Waals surface area contributed by atoms with Crippen molar-refractivity contribution in [2.75, 3.05) is 40.2 Å². The molecule has 8 nitrogen and oxygen atoms in total. The fourth-order valence-corrected chi connectivity index (χ4v) is 5.09. The normalized spacial score (nSPS) is 13.9. The molecule has 0 radical (unpaired) electrons. The highest BCUT2D eigenvalue weighted by Crippen LogP contribution is 2.28. The Balaban J connectivity index is 1.55. The van der Waals surface area contributed by atoms with Crippen LogP contribution in [0.5, 0.6) is 17.2 Å². The summed E-state index contributed by atoms with van der Waals surface area (Å²) in [6.07, 6.45) is 0.952. The predicted octanol–water partition coefficient (Wildman–Crippen LogP) is 2.22. The highest BCUT2D eigenvalue weighted by molar-refractivity contribution is 7.89. The number of fused-ring (bicyclic) bond motifs is 1. The van der Waals surface area contributed by atoms with Gasteiger partial charge in [0.05, 0.1) is 27.1 Å². The second-order valence-electron chi connectivity index (χ2n) is 7.18. The number of carbonyl (C=O) groups excluding carboxylic acids is 1. The number of amides is 1. The Labute approximate surface area is 183 Å². The summed E-state index contributed by atoms with van der Waals surface area (Å²) >= 11 is 0. The molecule has 0 aliphatic carbocycles. The van der Waals surface area contributed by atoms with Gasteiger partial charge in [0, 0.05) is 19.6 Å². The van der Waals surface area contributed by atoms with E-state index < -0.39 is 10.0 Å². The average Bonchev–Trinajstić information content (AvgIpc) is 2.80. The number of sulfonamides is 1. The zero-order chi connectivity index (χ0) is 22.4. The van der Waals surface area contributed by atoms with E-state index in [1.165, 1.54) is 18.5 Å². The Hall–Kier alpha value is -2.78. The van der Waals surface area contributed by atoms with Crippen LogP contribution in [0.2, 0.25) is 0 Å². The molecule has 1 amide bonds. The molecule has 1 aliphatic rings. The summed E-state index contributed by atoms with van der Waals surface area (Å²) in [7, 11) is 1.14. The zero-order valence-electron chi connectivity index (χ0n) is 18.0. The third-order valence-corrected chi connectivity index (χ3v) is 7.21. The topological polar surface area (TPSA) is 94.2 Å². The standard InChI is InChI=1S/C22H28N2O6S/c1-28-18-9-8-17-15-24(12-10-16(17)14-18)31(26,27)13-5-11-23-22(25)21-19(29-2)6-4-7-20(21)30-3/h4,6-9,14H,5,10-13,15H2,1-3H3,(H,23,25). The van der Waals surface area contributed by atoms with Gasteiger partial charge >= 0.3 is 0 Å². The fraction of sp³-hybridized carbons (Fsp3) is 0.409. The van der Waals surface area contributed by atoms with Gasteiger partial charge in [0.15, 0.2) is 0 Å². The Bertz CT molecular complexity index is 1020. The molecule has 2 aromatic rings. The van der Waals surface area contributed by atoms with Gasteiger partial charge in [0.2, 0.25) is 10.0 Å². The molecule has 1 aliphatic heterocycles. The first-order chi connectivity index (χ1) is 14.9. The number of nitrogens with one attached hydrogen (secondary N) is 1. The summed E-state index contributed by atoms with van der Waals surface area (Å²) in [4.78, 5) is 12.6. The maximum absolute atomic E-state index is 12.8. The monoisotopic (exact) mass is 448 g/mol. The van der Waals surface area contributed by atoms with Gasteiger partial charge < -0.3 is 19.5 Å². The molecule has 168 valence electrons. The lowest BCUT2D eigenvalue weighted by Gasteiger charge is -2.28. The van der Waals surface area contributed by atoms with Crippen molar-refractivity contribution in [2.45, 2.75) is 19.4 Å². The minimum Gasteiger partial charge on any atom is -0.497 e. The second kappa shape index (κ2) is 10.0. The van der Waals surface area contributed by atoms with Gasteiger partial charge in [-0.25, -0.2) is 8.42 Å². The molecule has 0 fully saturated rings. The summed E-state index contributed by atoms with van der Waals surface area (Å²) < 4.78 is 42.8. The third-order valence-electron chi connectivity index (χ3n) is 5.30. The van der Waals surface area contributed by atoms with Gasteiger partial charge in [-0.2, -0.15) is 4.31 Å². The quantitative estimate of drug-likeness (QED) is 0.591. The van der Waals surface area contributed by atoms with Crippen molar-refractivity contribution in [1.82, 2.24) is 9.62 Å². The van der Waals surface area contributed by atoms with Gasteiger partial charge in [-0.1, -0.05) is 12.1 Å².